The molecule has 0 aliphatic heterocycles. The van der Waals surface area contributed by atoms with E-state index in [1.807, 2.05) is 13.8 Å². The minimum absolute atomic E-state index is 0.0470. The zero-order valence-electron chi connectivity index (χ0n) is 9.61. The molecule has 0 spiro atoms. The monoisotopic (exact) mass is 303 g/mol. The van der Waals surface area contributed by atoms with Crippen LogP contribution in [0.1, 0.15) is 20.3 Å². The van der Waals surface area contributed by atoms with Crippen LogP contribution in [0.3, 0.4) is 0 Å². The SMILES string of the molecule is CCC(C)(CO)Nc1ncc([N+](=O)[O-])cc1Br. The number of aliphatic hydroxyl groups excluding tert-OH is 1. The normalized spacial score (nSPS) is 14.1. The summed E-state index contributed by atoms with van der Waals surface area (Å²) in [6.45, 7) is 3.74. The number of pyridine rings is 1. The van der Waals surface area contributed by atoms with E-state index in [-0.39, 0.29) is 12.3 Å². The van der Waals surface area contributed by atoms with Gasteiger partial charge in [0.25, 0.3) is 5.69 Å². The van der Waals surface area contributed by atoms with Crippen molar-refractivity contribution in [2.75, 3.05) is 11.9 Å². The highest BCUT2D eigenvalue weighted by Gasteiger charge is 2.22. The molecule has 0 fully saturated rings. The lowest BCUT2D eigenvalue weighted by Crippen LogP contribution is -2.38. The molecule has 17 heavy (non-hydrogen) atoms. The average molecular weight is 304 g/mol. The molecule has 2 N–H and O–H groups in total. The van der Waals surface area contributed by atoms with Crippen LogP contribution >= 0.6 is 15.9 Å². The van der Waals surface area contributed by atoms with E-state index in [1.165, 1.54) is 12.3 Å². The van der Waals surface area contributed by atoms with Gasteiger partial charge in [-0.15, -0.1) is 0 Å². The van der Waals surface area contributed by atoms with Gasteiger partial charge in [0.15, 0.2) is 0 Å². The van der Waals surface area contributed by atoms with Crippen molar-refractivity contribution in [2.24, 2.45) is 0 Å². The Bertz CT molecular complexity index is 421. The number of aromatic nitrogens is 1. The summed E-state index contributed by atoms with van der Waals surface area (Å²) in [6, 6.07) is 1.38. The van der Waals surface area contributed by atoms with Crippen molar-refractivity contribution in [1.82, 2.24) is 4.98 Å². The van der Waals surface area contributed by atoms with Crippen molar-refractivity contribution < 1.29 is 10.0 Å². The van der Waals surface area contributed by atoms with Gasteiger partial charge < -0.3 is 10.4 Å². The van der Waals surface area contributed by atoms with E-state index in [0.29, 0.717) is 16.7 Å². The van der Waals surface area contributed by atoms with Gasteiger partial charge in [0, 0.05) is 6.07 Å². The number of anilines is 1. The number of rotatable bonds is 5. The van der Waals surface area contributed by atoms with Gasteiger partial charge in [-0.25, -0.2) is 4.98 Å². The van der Waals surface area contributed by atoms with Crippen molar-refractivity contribution in [2.45, 2.75) is 25.8 Å². The lowest BCUT2D eigenvalue weighted by molar-refractivity contribution is -0.385. The van der Waals surface area contributed by atoms with E-state index in [9.17, 15) is 15.2 Å². The molecule has 0 aliphatic carbocycles. The summed E-state index contributed by atoms with van der Waals surface area (Å²) < 4.78 is 0.500. The summed E-state index contributed by atoms with van der Waals surface area (Å²) in [5.74, 6) is 0.481. The third kappa shape index (κ3) is 3.37. The number of hydrogen-bond donors (Lipinski definition) is 2. The molecule has 7 heteroatoms. The van der Waals surface area contributed by atoms with E-state index < -0.39 is 10.5 Å². The van der Waals surface area contributed by atoms with Crippen LogP contribution in [0.25, 0.3) is 0 Å². The molecule has 0 aromatic carbocycles. The average Bonchev–Trinajstić information content (AvgIpc) is 2.31. The summed E-state index contributed by atoms with van der Waals surface area (Å²) in [4.78, 5) is 14.0. The fourth-order valence-electron chi connectivity index (χ4n) is 1.15. The minimum Gasteiger partial charge on any atom is -0.394 e. The molecule has 94 valence electrons. The topological polar surface area (TPSA) is 88.3 Å². The first-order valence-electron chi connectivity index (χ1n) is 5.11. The summed E-state index contributed by atoms with van der Waals surface area (Å²) in [5.41, 5.74) is -0.573. The van der Waals surface area contributed by atoms with Crippen molar-refractivity contribution in [3.05, 3.63) is 26.9 Å². The van der Waals surface area contributed by atoms with Crippen LogP contribution in [0.15, 0.2) is 16.7 Å². The Kier molecular flexibility index (Phi) is 4.41. The van der Waals surface area contributed by atoms with Gasteiger partial charge in [-0.1, -0.05) is 6.92 Å². The summed E-state index contributed by atoms with van der Waals surface area (Å²) in [7, 11) is 0. The standard InChI is InChI=1S/C10H14BrN3O3/c1-3-10(2,6-15)13-9-8(11)4-7(5-12-9)14(16)17/h4-5,15H,3,6H2,1-2H3,(H,12,13). The number of nitrogens with zero attached hydrogens (tertiary/aromatic N) is 2. The molecule has 1 aromatic heterocycles. The molecule has 0 saturated heterocycles. The van der Waals surface area contributed by atoms with Gasteiger partial charge >= 0.3 is 0 Å². The van der Waals surface area contributed by atoms with E-state index in [2.05, 4.69) is 26.2 Å². The lowest BCUT2D eigenvalue weighted by atomic mass is 10.0. The molecule has 0 amide bonds. The Morgan fingerprint density at radius 1 is 1.71 bits per heavy atom. The molecule has 1 heterocycles. The van der Waals surface area contributed by atoms with Gasteiger partial charge in [0.1, 0.15) is 12.0 Å². The van der Waals surface area contributed by atoms with E-state index in [4.69, 9.17) is 0 Å². The van der Waals surface area contributed by atoms with E-state index >= 15 is 0 Å². The zero-order valence-corrected chi connectivity index (χ0v) is 11.2. The maximum Gasteiger partial charge on any atom is 0.288 e. The number of aliphatic hydroxyl groups is 1. The van der Waals surface area contributed by atoms with Crippen molar-refractivity contribution in [3.63, 3.8) is 0 Å². The molecule has 1 atom stereocenters. The molecule has 0 aliphatic rings. The molecule has 0 radical (unpaired) electrons. The number of nitrogens with one attached hydrogen (secondary N) is 1. The first-order valence-corrected chi connectivity index (χ1v) is 5.90. The third-order valence-electron chi connectivity index (χ3n) is 2.59. The summed E-state index contributed by atoms with van der Waals surface area (Å²) in [5, 5.41) is 22.9. The molecule has 1 aromatic rings. The molecule has 0 bridgehead atoms. The van der Waals surface area contributed by atoms with E-state index in [0.717, 1.165) is 0 Å². The summed E-state index contributed by atoms with van der Waals surface area (Å²) in [6.07, 6.45) is 1.88. The smallest absolute Gasteiger partial charge is 0.288 e. The molecule has 6 nitrogen and oxygen atoms in total. The summed E-state index contributed by atoms with van der Waals surface area (Å²) >= 11 is 3.22. The van der Waals surface area contributed by atoms with Crippen molar-refractivity contribution in [3.8, 4) is 0 Å². The zero-order chi connectivity index (χ0) is 13.1. The van der Waals surface area contributed by atoms with Crippen LogP contribution in [-0.2, 0) is 0 Å². The minimum atomic E-state index is -0.507. The maximum absolute atomic E-state index is 10.5. The lowest BCUT2D eigenvalue weighted by Gasteiger charge is -2.28. The highest BCUT2D eigenvalue weighted by atomic mass is 79.9. The maximum atomic E-state index is 10.5. The first-order chi connectivity index (χ1) is 7.91. The van der Waals surface area contributed by atoms with Gasteiger partial charge in [0.2, 0.25) is 0 Å². The van der Waals surface area contributed by atoms with Gasteiger partial charge in [-0.05, 0) is 29.3 Å². The molecule has 0 saturated carbocycles. The fraction of sp³-hybridized carbons (Fsp3) is 0.500. The second-order valence-electron chi connectivity index (χ2n) is 3.98. The number of halogens is 1. The highest BCUT2D eigenvalue weighted by molar-refractivity contribution is 9.10. The molecular weight excluding hydrogens is 290 g/mol. The van der Waals surface area contributed by atoms with E-state index in [1.54, 1.807) is 0 Å². The van der Waals surface area contributed by atoms with Crippen LogP contribution in [0.2, 0.25) is 0 Å². The second kappa shape index (κ2) is 5.42. The Morgan fingerprint density at radius 3 is 2.76 bits per heavy atom. The predicted octanol–water partition coefficient (Wildman–Crippen LogP) is 2.33. The van der Waals surface area contributed by atoms with Crippen LogP contribution in [-0.4, -0.2) is 27.2 Å². The van der Waals surface area contributed by atoms with Crippen LogP contribution in [0, 0.1) is 10.1 Å². The molecular formula is C10H14BrN3O3. The molecule has 1 rings (SSSR count). The second-order valence-corrected chi connectivity index (χ2v) is 4.83. The van der Waals surface area contributed by atoms with Crippen LogP contribution in [0.5, 0.6) is 0 Å². The third-order valence-corrected chi connectivity index (χ3v) is 3.19. The fourth-order valence-corrected chi connectivity index (χ4v) is 1.58. The van der Waals surface area contributed by atoms with Crippen LogP contribution in [0.4, 0.5) is 11.5 Å². The van der Waals surface area contributed by atoms with Gasteiger partial charge in [0.05, 0.1) is 21.5 Å². The van der Waals surface area contributed by atoms with Crippen LogP contribution < -0.4 is 5.32 Å². The van der Waals surface area contributed by atoms with Gasteiger partial charge in [-0.2, -0.15) is 0 Å². The predicted molar refractivity (Wildman–Crippen MR) is 68.0 cm³/mol. The van der Waals surface area contributed by atoms with Gasteiger partial charge in [-0.3, -0.25) is 10.1 Å². The Labute approximate surface area is 107 Å². The number of nitro groups is 1. The van der Waals surface area contributed by atoms with Crippen molar-refractivity contribution >= 4 is 27.4 Å². The first kappa shape index (κ1) is 13.9. The largest absolute Gasteiger partial charge is 0.394 e. The Balaban J connectivity index is 2.97. The quantitative estimate of drug-likeness (QED) is 0.644. The number of hydrogen-bond acceptors (Lipinski definition) is 5. The molecule has 1 unspecified atom stereocenters. The Morgan fingerprint density at radius 2 is 2.35 bits per heavy atom. The highest BCUT2D eigenvalue weighted by Crippen LogP contribution is 2.27. The van der Waals surface area contributed by atoms with Crippen molar-refractivity contribution in [1.29, 1.82) is 0 Å². The Hall–Kier alpha value is -1.21.